The van der Waals surface area contributed by atoms with Crippen molar-refractivity contribution in [2.24, 2.45) is 0 Å². The van der Waals surface area contributed by atoms with E-state index < -0.39 is 0 Å². The number of unbranched alkanes of at least 4 members (excludes halogenated alkanes) is 1. The molecule has 3 aromatic rings. The molecule has 0 saturated carbocycles. The van der Waals surface area contributed by atoms with Crippen LogP contribution in [0.4, 0.5) is 5.82 Å². The van der Waals surface area contributed by atoms with Crippen LogP contribution >= 0.6 is 0 Å². The molecule has 1 aromatic carbocycles. The number of fused-ring (bicyclic) bond motifs is 1. The van der Waals surface area contributed by atoms with Gasteiger partial charge in [-0.25, -0.2) is 9.50 Å². The number of anilines is 1. The molecule has 1 saturated heterocycles. The SMILES string of the molecule is CCCCOc1ccc(-c2cc3c(N4CCN(C(C)C)CC4)nccn3n2)cc1. The summed E-state index contributed by atoms with van der Waals surface area (Å²) in [4.78, 5) is 9.59. The molecular weight excluding hydrogens is 362 g/mol. The Balaban J connectivity index is 1.53. The molecule has 154 valence electrons. The van der Waals surface area contributed by atoms with Gasteiger partial charge in [0.05, 0.1) is 12.3 Å². The highest BCUT2D eigenvalue weighted by Crippen LogP contribution is 2.27. The fourth-order valence-electron chi connectivity index (χ4n) is 3.80. The van der Waals surface area contributed by atoms with Crippen LogP contribution in [0.25, 0.3) is 16.8 Å². The summed E-state index contributed by atoms with van der Waals surface area (Å²) in [7, 11) is 0. The van der Waals surface area contributed by atoms with E-state index in [1.165, 1.54) is 0 Å². The van der Waals surface area contributed by atoms with Crippen LogP contribution in [0, 0.1) is 0 Å². The van der Waals surface area contributed by atoms with Gasteiger partial charge in [0, 0.05) is 50.2 Å². The second kappa shape index (κ2) is 8.82. The molecule has 0 bridgehead atoms. The van der Waals surface area contributed by atoms with E-state index in [1.807, 2.05) is 29.0 Å². The molecule has 0 aliphatic carbocycles. The van der Waals surface area contributed by atoms with E-state index >= 15 is 0 Å². The zero-order valence-corrected chi connectivity index (χ0v) is 17.7. The molecule has 0 spiro atoms. The van der Waals surface area contributed by atoms with Gasteiger partial charge in [0.15, 0.2) is 5.82 Å². The number of rotatable bonds is 7. The van der Waals surface area contributed by atoms with Crippen molar-refractivity contribution in [3.05, 3.63) is 42.7 Å². The van der Waals surface area contributed by atoms with Crippen LogP contribution in [-0.4, -0.2) is 58.3 Å². The van der Waals surface area contributed by atoms with Crippen LogP contribution in [0.2, 0.25) is 0 Å². The molecule has 0 atom stereocenters. The Labute approximate surface area is 173 Å². The quantitative estimate of drug-likeness (QED) is 0.566. The number of ether oxygens (including phenoxy) is 1. The Kier molecular flexibility index (Phi) is 6.00. The lowest BCUT2D eigenvalue weighted by Crippen LogP contribution is -2.49. The van der Waals surface area contributed by atoms with E-state index in [9.17, 15) is 0 Å². The number of piperazine rings is 1. The van der Waals surface area contributed by atoms with Gasteiger partial charge in [-0.3, -0.25) is 4.90 Å². The van der Waals surface area contributed by atoms with Crippen molar-refractivity contribution in [3.8, 4) is 17.0 Å². The maximum Gasteiger partial charge on any atom is 0.154 e. The highest BCUT2D eigenvalue weighted by molar-refractivity contribution is 5.75. The van der Waals surface area contributed by atoms with Crippen molar-refractivity contribution in [2.45, 2.75) is 39.7 Å². The Morgan fingerprint density at radius 1 is 1.07 bits per heavy atom. The molecule has 1 fully saturated rings. The van der Waals surface area contributed by atoms with Gasteiger partial charge in [0.25, 0.3) is 0 Å². The van der Waals surface area contributed by atoms with E-state index in [2.05, 4.69) is 53.8 Å². The summed E-state index contributed by atoms with van der Waals surface area (Å²) >= 11 is 0. The van der Waals surface area contributed by atoms with Crippen molar-refractivity contribution in [1.82, 2.24) is 19.5 Å². The second-order valence-corrected chi connectivity index (χ2v) is 7.95. The van der Waals surface area contributed by atoms with E-state index in [4.69, 9.17) is 9.84 Å². The number of nitrogens with zero attached hydrogens (tertiary/aromatic N) is 5. The molecule has 0 amide bonds. The summed E-state index contributed by atoms with van der Waals surface area (Å²) in [5, 5.41) is 4.79. The molecule has 0 radical (unpaired) electrons. The minimum atomic E-state index is 0.594. The number of hydrogen-bond acceptors (Lipinski definition) is 5. The van der Waals surface area contributed by atoms with Crippen LogP contribution in [0.15, 0.2) is 42.7 Å². The number of aromatic nitrogens is 3. The van der Waals surface area contributed by atoms with Crippen molar-refractivity contribution >= 4 is 11.3 Å². The van der Waals surface area contributed by atoms with Gasteiger partial charge in [-0.05, 0) is 50.6 Å². The predicted molar refractivity (Wildman–Crippen MR) is 118 cm³/mol. The third kappa shape index (κ3) is 4.37. The van der Waals surface area contributed by atoms with E-state index in [1.54, 1.807) is 0 Å². The van der Waals surface area contributed by atoms with Gasteiger partial charge in [-0.2, -0.15) is 5.10 Å². The largest absolute Gasteiger partial charge is 0.494 e. The van der Waals surface area contributed by atoms with Crippen molar-refractivity contribution in [3.63, 3.8) is 0 Å². The van der Waals surface area contributed by atoms with Gasteiger partial charge in [0.2, 0.25) is 0 Å². The topological polar surface area (TPSA) is 45.9 Å². The molecule has 1 aliphatic heterocycles. The molecule has 0 unspecified atom stereocenters. The molecular formula is C23H31N5O. The third-order valence-electron chi connectivity index (χ3n) is 5.63. The summed E-state index contributed by atoms with van der Waals surface area (Å²) in [5.41, 5.74) is 3.11. The van der Waals surface area contributed by atoms with Gasteiger partial charge < -0.3 is 9.64 Å². The van der Waals surface area contributed by atoms with Crippen molar-refractivity contribution in [2.75, 3.05) is 37.7 Å². The maximum atomic E-state index is 5.77. The summed E-state index contributed by atoms with van der Waals surface area (Å²) in [6, 6.07) is 11.0. The van der Waals surface area contributed by atoms with E-state index in [0.717, 1.165) is 74.0 Å². The standard InChI is InChI=1S/C23H31N5O/c1-4-5-16-29-20-8-6-19(7-9-20)21-17-22-23(24-10-11-28(22)25-21)27-14-12-26(13-15-27)18(2)3/h6-11,17-18H,4-5,12-16H2,1-3H3. The summed E-state index contributed by atoms with van der Waals surface area (Å²) in [5.74, 6) is 1.94. The highest BCUT2D eigenvalue weighted by atomic mass is 16.5. The van der Waals surface area contributed by atoms with E-state index in [0.29, 0.717) is 6.04 Å². The van der Waals surface area contributed by atoms with Crippen LogP contribution in [0.1, 0.15) is 33.6 Å². The Morgan fingerprint density at radius 3 is 2.52 bits per heavy atom. The third-order valence-corrected chi connectivity index (χ3v) is 5.63. The summed E-state index contributed by atoms with van der Waals surface area (Å²) < 4.78 is 7.72. The molecule has 29 heavy (non-hydrogen) atoms. The lowest BCUT2D eigenvalue weighted by molar-refractivity contribution is 0.209. The Morgan fingerprint density at radius 2 is 1.83 bits per heavy atom. The first-order chi connectivity index (χ1) is 14.2. The molecule has 1 aliphatic rings. The monoisotopic (exact) mass is 393 g/mol. The van der Waals surface area contributed by atoms with Crippen LogP contribution < -0.4 is 9.64 Å². The minimum absolute atomic E-state index is 0.594. The Hall–Kier alpha value is -2.60. The average molecular weight is 394 g/mol. The zero-order chi connectivity index (χ0) is 20.2. The number of benzene rings is 1. The second-order valence-electron chi connectivity index (χ2n) is 7.95. The predicted octanol–water partition coefficient (Wildman–Crippen LogP) is 4.11. The van der Waals surface area contributed by atoms with Crippen LogP contribution in [0.3, 0.4) is 0 Å². The van der Waals surface area contributed by atoms with Crippen molar-refractivity contribution < 1.29 is 4.74 Å². The normalized spacial score (nSPS) is 15.4. The highest BCUT2D eigenvalue weighted by Gasteiger charge is 2.22. The average Bonchev–Trinajstić information content (AvgIpc) is 3.19. The molecule has 6 nitrogen and oxygen atoms in total. The fraction of sp³-hybridized carbons (Fsp3) is 0.478. The lowest BCUT2D eigenvalue weighted by Gasteiger charge is -2.37. The Bertz CT molecular complexity index is 926. The van der Waals surface area contributed by atoms with Gasteiger partial charge in [-0.1, -0.05) is 13.3 Å². The van der Waals surface area contributed by atoms with E-state index in [-0.39, 0.29) is 0 Å². The van der Waals surface area contributed by atoms with Gasteiger partial charge in [-0.15, -0.1) is 0 Å². The van der Waals surface area contributed by atoms with Crippen LogP contribution in [0.5, 0.6) is 5.75 Å². The minimum Gasteiger partial charge on any atom is -0.494 e. The van der Waals surface area contributed by atoms with Gasteiger partial charge in [0.1, 0.15) is 11.3 Å². The smallest absolute Gasteiger partial charge is 0.154 e. The first-order valence-corrected chi connectivity index (χ1v) is 10.7. The molecule has 4 rings (SSSR count). The van der Waals surface area contributed by atoms with Crippen LogP contribution in [-0.2, 0) is 0 Å². The number of hydrogen-bond donors (Lipinski definition) is 0. The molecule has 3 heterocycles. The maximum absolute atomic E-state index is 5.77. The van der Waals surface area contributed by atoms with Crippen molar-refractivity contribution in [1.29, 1.82) is 0 Å². The lowest BCUT2D eigenvalue weighted by atomic mass is 10.1. The molecule has 2 aromatic heterocycles. The van der Waals surface area contributed by atoms with Gasteiger partial charge >= 0.3 is 0 Å². The first-order valence-electron chi connectivity index (χ1n) is 10.7. The molecule has 0 N–H and O–H groups in total. The molecule has 6 heteroatoms. The first kappa shape index (κ1) is 19.7. The zero-order valence-electron chi connectivity index (χ0n) is 17.7. The summed E-state index contributed by atoms with van der Waals surface area (Å²) in [6.07, 6.45) is 5.99. The fourth-order valence-corrected chi connectivity index (χ4v) is 3.80. The summed E-state index contributed by atoms with van der Waals surface area (Å²) in [6.45, 7) is 11.6.